The zero-order valence-electron chi connectivity index (χ0n) is 33.1. The lowest BCUT2D eigenvalue weighted by Gasteiger charge is -2.35. The maximum absolute atomic E-state index is 2.50. The van der Waals surface area contributed by atoms with Gasteiger partial charge in [0.15, 0.2) is 0 Å². The molecule has 0 atom stereocenters. The lowest BCUT2D eigenvalue weighted by molar-refractivity contribution is 0.660. The highest BCUT2D eigenvalue weighted by Crippen LogP contribution is 2.58. The van der Waals surface area contributed by atoms with Crippen LogP contribution in [0.3, 0.4) is 0 Å². The van der Waals surface area contributed by atoms with Crippen LogP contribution in [-0.4, -0.2) is 0 Å². The van der Waals surface area contributed by atoms with E-state index in [9.17, 15) is 0 Å². The van der Waals surface area contributed by atoms with Crippen molar-refractivity contribution in [3.05, 3.63) is 245 Å². The van der Waals surface area contributed by atoms with Crippen LogP contribution in [0, 0.1) is 6.92 Å². The van der Waals surface area contributed by atoms with E-state index in [0.29, 0.717) is 0 Å². The topological polar surface area (TPSA) is 3.24 Å². The van der Waals surface area contributed by atoms with E-state index in [4.69, 9.17) is 0 Å². The summed E-state index contributed by atoms with van der Waals surface area (Å²) >= 11 is 0. The second kappa shape index (κ2) is 13.0. The summed E-state index contributed by atoms with van der Waals surface area (Å²) < 4.78 is 0. The number of aryl methyl sites for hydroxylation is 1. The van der Waals surface area contributed by atoms with Crippen molar-refractivity contribution in [2.24, 2.45) is 0 Å². The minimum atomic E-state index is -0.493. The Balaban J connectivity index is 1.14. The van der Waals surface area contributed by atoms with Crippen molar-refractivity contribution in [2.45, 2.75) is 31.6 Å². The molecule has 9 aromatic carbocycles. The van der Waals surface area contributed by atoms with Gasteiger partial charge in [0, 0.05) is 22.5 Å². The Labute approximate surface area is 341 Å². The van der Waals surface area contributed by atoms with Crippen LogP contribution >= 0.6 is 0 Å². The zero-order chi connectivity index (χ0) is 39.0. The first kappa shape index (κ1) is 34.3. The molecule has 2 aliphatic rings. The number of hydrogen-bond donors (Lipinski definition) is 0. The molecule has 9 aromatic rings. The summed E-state index contributed by atoms with van der Waals surface area (Å²) in [5.74, 6) is 0. The molecule has 0 fully saturated rings. The monoisotopic (exact) mass is 741 g/mol. The summed E-state index contributed by atoms with van der Waals surface area (Å²) in [6.45, 7) is 7.01. The summed E-state index contributed by atoms with van der Waals surface area (Å²) in [5.41, 5.74) is 19.6. The van der Waals surface area contributed by atoms with Crippen LogP contribution in [0.5, 0.6) is 0 Å². The van der Waals surface area contributed by atoms with Crippen molar-refractivity contribution in [2.75, 3.05) is 4.90 Å². The number of benzene rings is 9. The standard InChI is InChI=1S/C57H43N/c1-38-34-41(42-27-26-39-16-10-11-17-40(39)35-42)28-33-55(38)58(45-29-31-49-47-22-12-14-24-51(47)56(2,3)53(49)36-45)46-30-32-50-48-23-13-15-25-52(48)57(54(50)37-46,43-18-6-4-7-19-43)44-20-8-5-9-21-44/h4-37H,1-3H3. The number of hydrogen-bond acceptors (Lipinski definition) is 1. The van der Waals surface area contributed by atoms with E-state index in [1.807, 2.05) is 0 Å². The SMILES string of the molecule is Cc1cc(-c2ccc3ccccc3c2)ccc1N(c1ccc2c(c1)C(C)(C)c1ccccc1-2)c1ccc2c(c1)C(c1ccccc1)(c1ccccc1)c1ccccc1-2. The molecule has 0 saturated heterocycles. The molecular formula is C57H43N. The Morgan fingerprint density at radius 2 is 0.862 bits per heavy atom. The molecule has 11 rings (SSSR count). The van der Waals surface area contributed by atoms with Crippen LogP contribution in [0.15, 0.2) is 206 Å². The van der Waals surface area contributed by atoms with Gasteiger partial charge in [-0.25, -0.2) is 0 Å². The minimum absolute atomic E-state index is 0.127. The predicted octanol–water partition coefficient (Wildman–Crippen LogP) is 15.0. The Kier molecular flexibility index (Phi) is 7.72. The van der Waals surface area contributed by atoms with E-state index in [2.05, 4.69) is 232 Å². The third kappa shape index (κ3) is 5.03. The van der Waals surface area contributed by atoms with Crippen molar-refractivity contribution in [1.82, 2.24) is 0 Å². The molecule has 0 N–H and O–H groups in total. The van der Waals surface area contributed by atoms with Gasteiger partial charge in [-0.2, -0.15) is 0 Å². The van der Waals surface area contributed by atoms with Gasteiger partial charge in [-0.3, -0.25) is 0 Å². The largest absolute Gasteiger partial charge is 0.310 e. The molecule has 0 unspecified atom stereocenters. The quantitative estimate of drug-likeness (QED) is 0.164. The van der Waals surface area contributed by atoms with Gasteiger partial charge in [0.05, 0.1) is 5.41 Å². The van der Waals surface area contributed by atoms with Gasteiger partial charge in [0.2, 0.25) is 0 Å². The Morgan fingerprint density at radius 1 is 0.362 bits per heavy atom. The van der Waals surface area contributed by atoms with E-state index in [1.165, 1.54) is 88.8 Å². The van der Waals surface area contributed by atoms with Gasteiger partial charge in [0.1, 0.15) is 0 Å². The average Bonchev–Trinajstić information content (AvgIpc) is 3.70. The van der Waals surface area contributed by atoms with E-state index < -0.39 is 5.41 Å². The van der Waals surface area contributed by atoms with E-state index in [0.717, 1.165) is 11.4 Å². The highest BCUT2D eigenvalue weighted by molar-refractivity contribution is 5.92. The molecule has 0 saturated carbocycles. The third-order valence-corrected chi connectivity index (χ3v) is 13.0. The maximum atomic E-state index is 2.50. The van der Waals surface area contributed by atoms with Gasteiger partial charge in [0.25, 0.3) is 0 Å². The zero-order valence-corrected chi connectivity index (χ0v) is 33.1. The van der Waals surface area contributed by atoms with Crippen LogP contribution in [0.1, 0.15) is 52.8 Å². The van der Waals surface area contributed by atoms with Gasteiger partial charge < -0.3 is 4.90 Å². The van der Waals surface area contributed by atoms with E-state index in [-0.39, 0.29) is 5.41 Å². The Bertz CT molecular complexity index is 3010. The van der Waals surface area contributed by atoms with Crippen molar-refractivity contribution in [3.63, 3.8) is 0 Å². The molecule has 1 nitrogen and oxygen atoms in total. The van der Waals surface area contributed by atoms with E-state index in [1.54, 1.807) is 0 Å². The number of nitrogens with zero attached hydrogens (tertiary/aromatic N) is 1. The summed E-state index contributed by atoms with van der Waals surface area (Å²) in [7, 11) is 0. The lowest BCUT2D eigenvalue weighted by Crippen LogP contribution is -2.28. The molecule has 0 heterocycles. The molecule has 0 radical (unpaired) electrons. The van der Waals surface area contributed by atoms with Crippen molar-refractivity contribution >= 4 is 27.8 Å². The van der Waals surface area contributed by atoms with Crippen molar-refractivity contribution in [3.8, 4) is 33.4 Å². The van der Waals surface area contributed by atoms with Gasteiger partial charge in [-0.1, -0.05) is 178 Å². The van der Waals surface area contributed by atoms with Crippen LogP contribution in [0.2, 0.25) is 0 Å². The second-order valence-corrected chi connectivity index (χ2v) is 16.6. The van der Waals surface area contributed by atoms with E-state index >= 15 is 0 Å². The van der Waals surface area contributed by atoms with Crippen molar-refractivity contribution < 1.29 is 0 Å². The summed E-state index contributed by atoms with van der Waals surface area (Å²) in [5, 5.41) is 2.51. The smallest absolute Gasteiger partial charge is 0.0714 e. The van der Waals surface area contributed by atoms with Crippen LogP contribution in [0.4, 0.5) is 17.1 Å². The van der Waals surface area contributed by atoms with Crippen LogP contribution in [0.25, 0.3) is 44.2 Å². The molecule has 0 amide bonds. The lowest BCUT2D eigenvalue weighted by atomic mass is 9.67. The Hall–Kier alpha value is -6.96. The summed E-state index contributed by atoms with van der Waals surface area (Å²) in [6, 6.07) is 76.9. The first-order valence-electron chi connectivity index (χ1n) is 20.4. The number of rotatable bonds is 6. The molecule has 1 heteroatoms. The number of anilines is 3. The molecule has 2 aliphatic carbocycles. The fourth-order valence-corrected chi connectivity index (χ4v) is 10.3. The van der Waals surface area contributed by atoms with Crippen LogP contribution < -0.4 is 4.90 Å². The average molecular weight is 742 g/mol. The molecule has 0 aliphatic heterocycles. The molecule has 58 heavy (non-hydrogen) atoms. The highest BCUT2D eigenvalue weighted by Gasteiger charge is 2.46. The second-order valence-electron chi connectivity index (χ2n) is 16.6. The third-order valence-electron chi connectivity index (χ3n) is 13.0. The fourth-order valence-electron chi connectivity index (χ4n) is 10.3. The van der Waals surface area contributed by atoms with Gasteiger partial charge >= 0.3 is 0 Å². The number of fused-ring (bicyclic) bond motifs is 7. The minimum Gasteiger partial charge on any atom is -0.310 e. The first-order valence-corrected chi connectivity index (χ1v) is 20.4. The molecule has 0 aromatic heterocycles. The van der Waals surface area contributed by atoms with Crippen LogP contribution in [-0.2, 0) is 10.8 Å². The van der Waals surface area contributed by atoms with Gasteiger partial charge in [-0.05, 0) is 132 Å². The first-order chi connectivity index (χ1) is 28.4. The highest BCUT2D eigenvalue weighted by atomic mass is 15.1. The molecule has 276 valence electrons. The molecule has 0 bridgehead atoms. The maximum Gasteiger partial charge on any atom is 0.0714 e. The predicted molar refractivity (Wildman–Crippen MR) is 244 cm³/mol. The normalized spacial score (nSPS) is 14.1. The molecule has 0 spiro atoms. The van der Waals surface area contributed by atoms with Crippen molar-refractivity contribution in [1.29, 1.82) is 0 Å². The summed E-state index contributed by atoms with van der Waals surface area (Å²) in [6.07, 6.45) is 0. The Morgan fingerprint density at radius 3 is 1.53 bits per heavy atom. The summed E-state index contributed by atoms with van der Waals surface area (Å²) in [4.78, 5) is 2.50. The molecular weight excluding hydrogens is 699 g/mol. The van der Waals surface area contributed by atoms with Gasteiger partial charge in [-0.15, -0.1) is 0 Å². The fraction of sp³-hybridized carbons (Fsp3) is 0.0877.